The van der Waals surface area contributed by atoms with Gasteiger partial charge in [-0.25, -0.2) is 4.79 Å². The zero-order chi connectivity index (χ0) is 14.1. The lowest BCUT2D eigenvalue weighted by Crippen LogP contribution is -2.60. The Morgan fingerprint density at radius 3 is 2.50 bits per heavy atom. The number of carbonyl (C=O) groups is 1. The standard InChI is InChI=1S/C10H18O8/c1-4-5(12)2-10(17,9(15)16)18-8(4)7(14)6(13)3-11/h4-8,11-14,17H,2-3H2,1H3,(H,15,16)/t4-,5+,6+,7-,8?,10?/m1/s1. The summed E-state index contributed by atoms with van der Waals surface area (Å²) in [6.07, 6.45) is -6.24. The van der Waals surface area contributed by atoms with Gasteiger partial charge in [0.25, 0.3) is 5.79 Å². The van der Waals surface area contributed by atoms with E-state index < -0.39 is 55.1 Å². The Labute approximate surface area is 103 Å². The number of ether oxygens (including phenoxy) is 1. The van der Waals surface area contributed by atoms with E-state index in [2.05, 4.69) is 0 Å². The first kappa shape index (κ1) is 15.3. The van der Waals surface area contributed by atoms with E-state index in [9.17, 15) is 25.2 Å². The van der Waals surface area contributed by atoms with Gasteiger partial charge >= 0.3 is 5.97 Å². The van der Waals surface area contributed by atoms with Crippen LogP contribution >= 0.6 is 0 Å². The van der Waals surface area contributed by atoms with Crippen molar-refractivity contribution in [3.8, 4) is 0 Å². The van der Waals surface area contributed by atoms with Gasteiger partial charge in [-0.15, -0.1) is 0 Å². The summed E-state index contributed by atoms with van der Waals surface area (Å²) in [5.74, 6) is -5.02. The SMILES string of the molecule is C[C@H]1C([C@H](O)[C@@H](O)CO)OC(O)(C(=O)O)C[C@@H]1O. The summed E-state index contributed by atoms with van der Waals surface area (Å²) in [7, 11) is 0. The number of rotatable bonds is 4. The van der Waals surface area contributed by atoms with Crippen LogP contribution in [0.15, 0.2) is 0 Å². The van der Waals surface area contributed by atoms with Crippen molar-refractivity contribution in [3.05, 3.63) is 0 Å². The minimum Gasteiger partial charge on any atom is -0.477 e. The molecule has 0 saturated carbocycles. The molecule has 1 saturated heterocycles. The molecule has 1 fully saturated rings. The molecule has 1 aliphatic heterocycles. The normalized spacial score (nSPS) is 40.2. The largest absolute Gasteiger partial charge is 0.477 e. The molecule has 8 nitrogen and oxygen atoms in total. The van der Waals surface area contributed by atoms with Crippen LogP contribution < -0.4 is 0 Å². The highest BCUT2D eigenvalue weighted by Gasteiger charge is 2.51. The molecule has 106 valence electrons. The van der Waals surface area contributed by atoms with Crippen molar-refractivity contribution in [2.24, 2.45) is 5.92 Å². The number of aliphatic hydroxyl groups excluding tert-OH is 4. The highest BCUT2D eigenvalue weighted by molar-refractivity contribution is 5.75. The predicted octanol–water partition coefficient (Wildman–Crippen LogP) is -2.74. The number of aliphatic hydroxyl groups is 5. The molecule has 1 heterocycles. The molecule has 2 unspecified atom stereocenters. The van der Waals surface area contributed by atoms with Gasteiger partial charge in [0.1, 0.15) is 12.2 Å². The number of aliphatic carboxylic acids is 1. The number of carboxylic acids is 1. The molecular weight excluding hydrogens is 248 g/mol. The van der Waals surface area contributed by atoms with E-state index in [0.717, 1.165) is 0 Å². The van der Waals surface area contributed by atoms with Crippen molar-refractivity contribution in [1.82, 2.24) is 0 Å². The minimum atomic E-state index is -2.62. The van der Waals surface area contributed by atoms with Gasteiger partial charge in [0.15, 0.2) is 0 Å². The molecule has 0 aromatic heterocycles. The zero-order valence-electron chi connectivity index (χ0n) is 9.80. The average Bonchev–Trinajstić information content (AvgIpc) is 2.31. The van der Waals surface area contributed by atoms with Crippen LogP contribution in [0.3, 0.4) is 0 Å². The van der Waals surface area contributed by atoms with Crippen LogP contribution in [-0.4, -0.2) is 73.4 Å². The van der Waals surface area contributed by atoms with E-state index in [-0.39, 0.29) is 0 Å². The highest BCUT2D eigenvalue weighted by atomic mass is 16.7. The Hall–Kier alpha value is -0.770. The highest BCUT2D eigenvalue weighted by Crippen LogP contribution is 2.33. The fraction of sp³-hybridized carbons (Fsp3) is 0.900. The van der Waals surface area contributed by atoms with Crippen LogP contribution in [0.5, 0.6) is 0 Å². The average molecular weight is 266 g/mol. The maximum Gasteiger partial charge on any atom is 0.364 e. The van der Waals surface area contributed by atoms with Crippen molar-refractivity contribution in [3.63, 3.8) is 0 Å². The smallest absolute Gasteiger partial charge is 0.364 e. The molecule has 1 rings (SSSR count). The van der Waals surface area contributed by atoms with Crippen LogP contribution in [0, 0.1) is 5.92 Å². The summed E-state index contributed by atoms with van der Waals surface area (Å²) >= 11 is 0. The molecule has 6 N–H and O–H groups in total. The summed E-state index contributed by atoms with van der Waals surface area (Å²) in [6, 6.07) is 0. The summed E-state index contributed by atoms with van der Waals surface area (Å²) in [5.41, 5.74) is 0. The first-order chi connectivity index (χ1) is 8.23. The second kappa shape index (κ2) is 5.47. The van der Waals surface area contributed by atoms with Gasteiger partial charge in [-0.3, -0.25) is 0 Å². The van der Waals surface area contributed by atoms with Gasteiger partial charge in [-0.2, -0.15) is 0 Å². The lowest BCUT2D eigenvalue weighted by molar-refractivity contribution is -0.302. The second-order valence-electron chi connectivity index (χ2n) is 4.54. The Balaban J connectivity index is 2.92. The quantitative estimate of drug-likeness (QED) is 0.321. The Morgan fingerprint density at radius 2 is 2.06 bits per heavy atom. The third-order valence-corrected chi connectivity index (χ3v) is 3.19. The third kappa shape index (κ3) is 2.79. The maximum atomic E-state index is 10.9. The molecule has 0 aromatic rings. The second-order valence-corrected chi connectivity index (χ2v) is 4.54. The van der Waals surface area contributed by atoms with Gasteiger partial charge in [0, 0.05) is 12.3 Å². The lowest BCUT2D eigenvalue weighted by atomic mass is 9.85. The van der Waals surface area contributed by atoms with E-state index in [1.54, 1.807) is 0 Å². The van der Waals surface area contributed by atoms with Gasteiger partial charge in [0.2, 0.25) is 0 Å². The molecule has 0 aliphatic carbocycles. The topological polar surface area (TPSA) is 148 Å². The van der Waals surface area contributed by atoms with E-state index in [1.807, 2.05) is 0 Å². The molecule has 0 spiro atoms. The lowest BCUT2D eigenvalue weighted by Gasteiger charge is -2.43. The molecule has 6 atom stereocenters. The third-order valence-electron chi connectivity index (χ3n) is 3.19. The summed E-state index contributed by atoms with van der Waals surface area (Å²) in [5, 5.41) is 55.9. The summed E-state index contributed by atoms with van der Waals surface area (Å²) in [4.78, 5) is 10.9. The maximum absolute atomic E-state index is 10.9. The molecule has 0 bridgehead atoms. The van der Waals surface area contributed by atoms with Crippen molar-refractivity contribution in [2.45, 2.75) is 43.5 Å². The summed E-state index contributed by atoms with van der Waals surface area (Å²) < 4.78 is 4.88. The zero-order valence-corrected chi connectivity index (χ0v) is 9.80. The Morgan fingerprint density at radius 1 is 1.50 bits per heavy atom. The molecule has 18 heavy (non-hydrogen) atoms. The predicted molar refractivity (Wildman–Crippen MR) is 56.3 cm³/mol. The number of hydrogen-bond acceptors (Lipinski definition) is 7. The van der Waals surface area contributed by atoms with Crippen molar-refractivity contribution < 1.29 is 40.2 Å². The molecule has 0 aromatic carbocycles. The van der Waals surface area contributed by atoms with Gasteiger partial charge < -0.3 is 35.4 Å². The van der Waals surface area contributed by atoms with E-state index in [4.69, 9.17) is 14.9 Å². The first-order valence-corrected chi connectivity index (χ1v) is 5.51. The monoisotopic (exact) mass is 266 g/mol. The first-order valence-electron chi connectivity index (χ1n) is 5.51. The molecule has 1 aliphatic rings. The van der Waals surface area contributed by atoms with E-state index >= 15 is 0 Å². The fourth-order valence-corrected chi connectivity index (χ4v) is 1.91. The van der Waals surface area contributed by atoms with Crippen LogP contribution in [0.4, 0.5) is 0 Å². The van der Waals surface area contributed by atoms with Crippen molar-refractivity contribution in [2.75, 3.05) is 6.61 Å². The van der Waals surface area contributed by atoms with E-state index in [1.165, 1.54) is 6.92 Å². The van der Waals surface area contributed by atoms with E-state index in [0.29, 0.717) is 0 Å². The Bertz CT molecular complexity index is 308. The van der Waals surface area contributed by atoms with Crippen LogP contribution in [0.25, 0.3) is 0 Å². The summed E-state index contributed by atoms with van der Waals surface area (Å²) in [6.45, 7) is 0.722. The van der Waals surface area contributed by atoms with Gasteiger partial charge in [-0.05, 0) is 0 Å². The molecule has 0 radical (unpaired) electrons. The van der Waals surface area contributed by atoms with Crippen molar-refractivity contribution in [1.29, 1.82) is 0 Å². The van der Waals surface area contributed by atoms with Crippen LogP contribution in [-0.2, 0) is 9.53 Å². The van der Waals surface area contributed by atoms with Crippen molar-refractivity contribution >= 4 is 5.97 Å². The Kier molecular flexibility index (Phi) is 4.65. The van der Waals surface area contributed by atoms with Crippen LogP contribution in [0.1, 0.15) is 13.3 Å². The molecule has 8 heteroatoms. The molecular formula is C10H18O8. The molecule has 0 amide bonds. The number of hydrogen-bond donors (Lipinski definition) is 6. The van der Waals surface area contributed by atoms with Gasteiger partial charge in [-0.1, -0.05) is 6.92 Å². The number of carboxylic acid groups (broad SMARTS) is 1. The minimum absolute atomic E-state index is 0.540. The van der Waals surface area contributed by atoms with Crippen LogP contribution in [0.2, 0.25) is 0 Å². The fourth-order valence-electron chi connectivity index (χ4n) is 1.91. The van der Waals surface area contributed by atoms with Gasteiger partial charge in [0.05, 0.1) is 18.8 Å².